The smallest absolute Gasteiger partial charge is 0.00398 e. The maximum atomic E-state index is 5.35. The Bertz CT molecular complexity index is 88.9. The van der Waals surface area contributed by atoms with Crippen molar-refractivity contribution in [3.8, 4) is 0 Å². The van der Waals surface area contributed by atoms with Crippen LogP contribution < -0.4 is 5.73 Å². The van der Waals surface area contributed by atoms with Gasteiger partial charge in [-0.05, 0) is 31.1 Å². The molecule has 0 rings (SSSR count). The number of rotatable bonds is 4. The van der Waals surface area contributed by atoms with Crippen molar-refractivity contribution in [2.45, 2.75) is 20.3 Å². The Morgan fingerprint density at radius 1 is 1.67 bits per heavy atom. The molecular weight excluding hydrogens is 130 g/mol. The van der Waals surface area contributed by atoms with Crippen LogP contribution in [-0.2, 0) is 0 Å². The van der Waals surface area contributed by atoms with E-state index >= 15 is 0 Å². The minimum Gasteiger partial charge on any atom is -0.330 e. The lowest BCUT2D eigenvalue weighted by Crippen LogP contribution is -1.97. The Hall–Kier alpha value is 0.0500. The fourth-order valence-electron chi connectivity index (χ4n) is 0.512. The van der Waals surface area contributed by atoms with E-state index in [9.17, 15) is 0 Å². The summed E-state index contributed by atoms with van der Waals surface area (Å²) in [6.07, 6.45) is 1.03. The molecule has 0 unspecified atom stereocenters. The van der Waals surface area contributed by atoms with Crippen LogP contribution in [0.3, 0.4) is 0 Å². The Morgan fingerprint density at radius 3 is 2.78 bits per heavy atom. The molecule has 0 fully saturated rings. The van der Waals surface area contributed by atoms with Gasteiger partial charge in [-0.1, -0.05) is 12.5 Å². The van der Waals surface area contributed by atoms with E-state index < -0.39 is 0 Å². The molecular formula is C7H15NS. The van der Waals surface area contributed by atoms with Crippen LogP contribution in [0.4, 0.5) is 0 Å². The molecule has 0 aliphatic rings. The first-order valence-electron chi connectivity index (χ1n) is 3.28. The third kappa shape index (κ3) is 5.93. The number of hydrogen-bond acceptors (Lipinski definition) is 2. The van der Waals surface area contributed by atoms with Gasteiger partial charge in [0, 0.05) is 0 Å². The topological polar surface area (TPSA) is 26.0 Å². The third-order valence-corrected chi connectivity index (χ3v) is 1.89. The second kappa shape index (κ2) is 6.17. The van der Waals surface area contributed by atoms with Crippen LogP contribution in [0, 0.1) is 0 Å². The van der Waals surface area contributed by atoms with Crippen LogP contribution in [0.15, 0.2) is 11.0 Å². The van der Waals surface area contributed by atoms with Gasteiger partial charge in [0.25, 0.3) is 0 Å². The molecule has 0 saturated carbocycles. The highest BCUT2D eigenvalue weighted by Crippen LogP contribution is 2.07. The minimum atomic E-state index is 0.770. The molecule has 0 aliphatic carbocycles. The highest BCUT2D eigenvalue weighted by Gasteiger charge is 1.84. The summed E-state index contributed by atoms with van der Waals surface area (Å²) in [5, 5.41) is 2.19. The van der Waals surface area contributed by atoms with Gasteiger partial charge in [-0.15, -0.1) is 11.8 Å². The molecule has 2 heteroatoms. The standard InChI is InChI=1S/C7H15NS/c1-3-9-6-7(2)4-5-8/h6H,3-5,8H2,1-2H3/b7-6+. The predicted molar refractivity (Wildman–Crippen MR) is 45.6 cm³/mol. The largest absolute Gasteiger partial charge is 0.330 e. The molecule has 1 nitrogen and oxygen atoms in total. The highest BCUT2D eigenvalue weighted by atomic mass is 32.2. The lowest BCUT2D eigenvalue weighted by molar-refractivity contribution is 0.953. The first-order valence-corrected chi connectivity index (χ1v) is 4.33. The molecule has 0 amide bonds. The molecule has 9 heavy (non-hydrogen) atoms. The second-order valence-electron chi connectivity index (χ2n) is 1.96. The summed E-state index contributed by atoms with van der Waals surface area (Å²) in [5.74, 6) is 1.15. The molecule has 0 bridgehead atoms. The normalized spacial score (nSPS) is 12.1. The lowest BCUT2D eigenvalue weighted by atomic mass is 10.2. The monoisotopic (exact) mass is 145 g/mol. The van der Waals surface area contributed by atoms with Crippen molar-refractivity contribution >= 4 is 11.8 Å². The quantitative estimate of drug-likeness (QED) is 0.654. The Balaban J connectivity index is 3.30. The molecule has 54 valence electrons. The van der Waals surface area contributed by atoms with Crippen LogP contribution in [0.25, 0.3) is 0 Å². The summed E-state index contributed by atoms with van der Waals surface area (Å²) in [5.41, 5.74) is 6.74. The van der Waals surface area contributed by atoms with Crippen molar-refractivity contribution in [2.24, 2.45) is 5.73 Å². The van der Waals surface area contributed by atoms with Gasteiger partial charge in [0.05, 0.1) is 0 Å². The summed E-state index contributed by atoms with van der Waals surface area (Å²) < 4.78 is 0. The molecule has 2 N–H and O–H groups in total. The van der Waals surface area contributed by atoms with Crippen molar-refractivity contribution in [2.75, 3.05) is 12.3 Å². The molecule has 0 aromatic carbocycles. The van der Waals surface area contributed by atoms with Crippen molar-refractivity contribution < 1.29 is 0 Å². The maximum absolute atomic E-state index is 5.35. The highest BCUT2D eigenvalue weighted by molar-refractivity contribution is 8.02. The van der Waals surface area contributed by atoms with Gasteiger partial charge >= 0.3 is 0 Å². The minimum absolute atomic E-state index is 0.770. The molecule has 0 heterocycles. The van der Waals surface area contributed by atoms with Crippen molar-refractivity contribution in [1.82, 2.24) is 0 Å². The molecule has 0 spiro atoms. The van der Waals surface area contributed by atoms with Crippen LogP contribution in [0.2, 0.25) is 0 Å². The summed E-state index contributed by atoms with van der Waals surface area (Å²) in [6, 6.07) is 0. The van der Waals surface area contributed by atoms with Gasteiger partial charge < -0.3 is 5.73 Å². The molecule has 0 atom stereocenters. The zero-order valence-corrected chi connectivity index (χ0v) is 7.00. The molecule has 0 aromatic heterocycles. The molecule has 0 radical (unpaired) electrons. The van der Waals surface area contributed by atoms with E-state index in [1.165, 1.54) is 5.57 Å². The Morgan fingerprint density at radius 2 is 2.33 bits per heavy atom. The zero-order chi connectivity index (χ0) is 7.11. The first kappa shape index (κ1) is 9.05. The van der Waals surface area contributed by atoms with E-state index in [-0.39, 0.29) is 0 Å². The van der Waals surface area contributed by atoms with Crippen molar-refractivity contribution in [1.29, 1.82) is 0 Å². The summed E-state index contributed by atoms with van der Waals surface area (Å²) in [6.45, 7) is 5.04. The van der Waals surface area contributed by atoms with Gasteiger partial charge in [0.2, 0.25) is 0 Å². The van der Waals surface area contributed by atoms with Gasteiger partial charge in [-0.3, -0.25) is 0 Å². The lowest BCUT2D eigenvalue weighted by Gasteiger charge is -1.94. The van der Waals surface area contributed by atoms with Crippen LogP contribution in [0.5, 0.6) is 0 Å². The van der Waals surface area contributed by atoms with E-state index in [2.05, 4.69) is 19.3 Å². The van der Waals surface area contributed by atoms with Crippen LogP contribution >= 0.6 is 11.8 Å². The number of hydrogen-bond donors (Lipinski definition) is 1. The SMILES string of the molecule is CCS/C=C(\C)CCN. The van der Waals surface area contributed by atoms with E-state index in [4.69, 9.17) is 5.73 Å². The van der Waals surface area contributed by atoms with E-state index in [0.29, 0.717) is 0 Å². The predicted octanol–water partition coefficient (Wildman–Crippen LogP) is 1.99. The fourth-order valence-corrected chi connectivity index (χ4v) is 1.08. The van der Waals surface area contributed by atoms with Crippen molar-refractivity contribution in [3.63, 3.8) is 0 Å². The van der Waals surface area contributed by atoms with Gasteiger partial charge in [-0.2, -0.15) is 0 Å². The van der Waals surface area contributed by atoms with Crippen molar-refractivity contribution in [3.05, 3.63) is 11.0 Å². The van der Waals surface area contributed by atoms with Crippen LogP contribution in [-0.4, -0.2) is 12.3 Å². The number of nitrogens with two attached hydrogens (primary N) is 1. The third-order valence-electron chi connectivity index (χ3n) is 0.990. The zero-order valence-electron chi connectivity index (χ0n) is 6.18. The van der Waals surface area contributed by atoms with E-state index in [1.54, 1.807) is 0 Å². The summed E-state index contributed by atoms with van der Waals surface area (Å²) >= 11 is 1.84. The van der Waals surface area contributed by atoms with Gasteiger partial charge in [-0.25, -0.2) is 0 Å². The van der Waals surface area contributed by atoms with Crippen LogP contribution in [0.1, 0.15) is 20.3 Å². The molecule has 0 saturated heterocycles. The second-order valence-corrected chi connectivity index (χ2v) is 3.10. The average molecular weight is 145 g/mol. The number of thioether (sulfide) groups is 1. The fraction of sp³-hybridized carbons (Fsp3) is 0.714. The molecule has 0 aliphatic heterocycles. The van der Waals surface area contributed by atoms with Gasteiger partial charge in [0.1, 0.15) is 0 Å². The summed E-state index contributed by atoms with van der Waals surface area (Å²) in [4.78, 5) is 0. The first-order chi connectivity index (χ1) is 4.31. The molecule has 0 aromatic rings. The summed E-state index contributed by atoms with van der Waals surface area (Å²) in [7, 11) is 0. The Labute approximate surface area is 61.7 Å². The average Bonchev–Trinajstić information content (AvgIpc) is 1.85. The van der Waals surface area contributed by atoms with E-state index in [1.807, 2.05) is 11.8 Å². The maximum Gasteiger partial charge on any atom is -0.00398 e. The van der Waals surface area contributed by atoms with E-state index in [0.717, 1.165) is 18.7 Å². The Kier molecular flexibility index (Phi) is 6.21. The van der Waals surface area contributed by atoms with Gasteiger partial charge in [0.15, 0.2) is 0 Å².